The first-order chi connectivity index (χ1) is 8.58. The maximum absolute atomic E-state index is 11.4. The molecule has 0 aromatic carbocycles. The third kappa shape index (κ3) is 1.22. The second-order valence-electron chi connectivity index (χ2n) is 3.40. The zero-order valence-corrected chi connectivity index (χ0v) is 8.54. The molecule has 0 unspecified atom stereocenters. The molecular formula is C8H4N6O4. The lowest BCUT2D eigenvalue weighted by atomic mass is 10.3. The molecular weight excluding hydrogens is 244 g/mol. The summed E-state index contributed by atoms with van der Waals surface area (Å²) in [6, 6.07) is 0. The molecule has 3 N–H and O–H groups in total. The van der Waals surface area contributed by atoms with Crippen LogP contribution in [0.3, 0.4) is 0 Å². The minimum Gasteiger partial charge on any atom is -0.477 e. The number of hydrogen-bond acceptors (Lipinski definition) is 6. The van der Waals surface area contributed by atoms with Crippen molar-refractivity contribution in [3.63, 3.8) is 0 Å². The van der Waals surface area contributed by atoms with Gasteiger partial charge < -0.3 is 5.11 Å². The van der Waals surface area contributed by atoms with E-state index in [2.05, 4.69) is 20.3 Å². The fourth-order valence-electron chi connectivity index (χ4n) is 1.56. The molecule has 0 aliphatic carbocycles. The predicted octanol–water partition coefficient (Wildman–Crippen LogP) is -1.65. The molecule has 10 nitrogen and oxygen atoms in total. The lowest BCUT2D eigenvalue weighted by Crippen LogP contribution is -2.24. The molecule has 18 heavy (non-hydrogen) atoms. The van der Waals surface area contributed by atoms with Gasteiger partial charge in [0, 0.05) is 0 Å². The van der Waals surface area contributed by atoms with E-state index >= 15 is 0 Å². The smallest absolute Gasteiger partial charge is 0.341 e. The van der Waals surface area contributed by atoms with Gasteiger partial charge in [0.25, 0.3) is 5.56 Å². The van der Waals surface area contributed by atoms with Crippen molar-refractivity contribution >= 4 is 22.8 Å². The van der Waals surface area contributed by atoms with Gasteiger partial charge in [-0.1, -0.05) is 0 Å². The summed E-state index contributed by atoms with van der Waals surface area (Å²) in [5.41, 5.74) is -1.85. The minimum atomic E-state index is -1.23. The van der Waals surface area contributed by atoms with Gasteiger partial charge >= 0.3 is 11.7 Å². The summed E-state index contributed by atoms with van der Waals surface area (Å²) in [7, 11) is 0. The monoisotopic (exact) mass is 248 g/mol. The Morgan fingerprint density at radius 1 is 1.28 bits per heavy atom. The number of carboxylic acid groups (broad SMARTS) is 1. The maximum atomic E-state index is 11.4. The van der Waals surface area contributed by atoms with Crippen LogP contribution in [0.2, 0.25) is 0 Å². The highest BCUT2D eigenvalue weighted by atomic mass is 16.4. The Labute approximate surface area is 95.9 Å². The third-order valence-electron chi connectivity index (χ3n) is 2.33. The molecule has 3 aromatic heterocycles. The number of aromatic amines is 2. The molecule has 3 aromatic rings. The molecule has 0 atom stereocenters. The van der Waals surface area contributed by atoms with Crippen LogP contribution in [-0.2, 0) is 0 Å². The lowest BCUT2D eigenvalue weighted by Gasteiger charge is -1.97. The van der Waals surface area contributed by atoms with E-state index < -0.39 is 17.2 Å². The zero-order chi connectivity index (χ0) is 12.9. The van der Waals surface area contributed by atoms with Crippen LogP contribution in [0.4, 0.5) is 0 Å². The van der Waals surface area contributed by atoms with E-state index in [0.717, 1.165) is 10.7 Å². The van der Waals surface area contributed by atoms with E-state index in [1.165, 1.54) is 0 Å². The van der Waals surface area contributed by atoms with Crippen LogP contribution in [-0.4, -0.2) is 40.9 Å². The van der Waals surface area contributed by atoms with Crippen molar-refractivity contribution in [3.8, 4) is 0 Å². The minimum absolute atomic E-state index is 0.0127. The molecule has 0 radical (unpaired) electrons. The SMILES string of the molecule is O=C(O)c1cnn2c1nnc1c(=O)[nH]c(=O)[nH]c12. The van der Waals surface area contributed by atoms with Crippen LogP contribution in [0, 0.1) is 0 Å². The summed E-state index contributed by atoms with van der Waals surface area (Å²) < 4.78 is 1.04. The van der Waals surface area contributed by atoms with Gasteiger partial charge in [0.2, 0.25) is 0 Å². The number of carbonyl (C=O) groups is 1. The highest BCUT2D eigenvalue weighted by Crippen LogP contribution is 2.09. The van der Waals surface area contributed by atoms with Gasteiger partial charge in [-0.05, 0) is 0 Å². The summed E-state index contributed by atoms with van der Waals surface area (Å²) in [5.74, 6) is -1.23. The van der Waals surface area contributed by atoms with E-state index in [-0.39, 0.29) is 22.4 Å². The normalized spacial score (nSPS) is 11.1. The summed E-state index contributed by atoms with van der Waals surface area (Å²) in [4.78, 5) is 37.8. The number of nitrogens with one attached hydrogen (secondary N) is 2. The highest BCUT2D eigenvalue weighted by molar-refractivity contribution is 5.94. The number of rotatable bonds is 1. The molecule has 0 saturated carbocycles. The van der Waals surface area contributed by atoms with Crippen molar-refractivity contribution in [2.24, 2.45) is 0 Å². The fraction of sp³-hybridized carbons (Fsp3) is 0. The molecule has 0 aliphatic heterocycles. The Morgan fingerprint density at radius 2 is 2.06 bits per heavy atom. The molecule has 0 aliphatic rings. The van der Waals surface area contributed by atoms with Crippen molar-refractivity contribution in [3.05, 3.63) is 32.6 Å². The van der Waals surface area contributed by atoms with Gasteiger partial charge in [0.1, 0.15) is 5.56 Å². The first-order valence-corrected chi connectivity index (χ1v) is 4.68. The van der Waals surface area contributed by atoms with Crippen molar-refractivity contribution in [1.29, 1.82) is 0 Å². The molecule has 0 amide bonds. The van der Waals surface area contributed by atoms with Crippen LogP contribution in [0.25, 0.3) is 16.8 Å². The van der Waals surface area contributed by atoms with Crippen molar-refractivity contribution in [2.75, 3.05) is 0 Å². The van der Waals surface area contributed by atoms with Gasteiger partial charge in [-0.2, -0.15) is 9.61 Å². The molecule has 10 heteroatoms. The first kappa shape index (κ1) is 10.1. The second-order valence-corrected chi connectivity index (χ2v) is 3.40. The van der Waals surface area contributed by atoms with Gasteiger partial charge in [-0.25, -0.2) is 9.59 Å². The standard InChI is InChI=1S/C8H4N6O4/c15-6-3-5(10-8(18)11-6)14-4(13-12-3)2(1-9-14)7(16)17/h1H,(H,16,17)(H2,10,11,15,18). The molecule has 0 saturated heterocycles. The maximum Gasteiger partial charge on any atom is 0.341 e. The van der Waals surface area contributed by atoms with E-state index in [1.54, 1.807) is 0 Å². The van der Waals surface area contributed by atoms with Gasteiger partial charge in [0.05, 0.1) is 6.20 Å². The lowest BCUT2D eigenvalue weighted by molar-refractivity contribution is 0.0698. The van der Waals surface area contributed by atoms with Crippen LogP contribution in [0.15, 0.2) is 15.8 Å². The Hall–Kier alpha value is -3.04. The molecule has 3 rings (SSSR count). The number of H-pyrrole nitrogens is 2. The van der Waals surface area contributed by atoms with Crippen molar-refractivity contribution in [2.45, 2.75) is 0 Å². The second kappa shape index (κ2) is 3.23. The zero-order valence-electron chi connectivity index (χ0n) is 8.54. The van der Waals surface area contributed by atoms with E-state index in [4.69, 9.17) is 5.11 Å². The summed E-state index contributed by atoms with van der Waals surface area (Å²) in [5, 5.41) is 19.8. The van der Waals surface area contributed by atoms with E-state index in [9.17, 15) is 14.4 Å². The van der Waals surface area contributed by atoms with Crippen molar-refractivity contribution < 1.29 is 9.90 Å². The number of carboxylic acids is 1. The number of hydrogen-bond donors (Lipinski definition) is 3. The largest absolute Gasteiger partial charge is 0.477 e. The number of fused-ring (bicyclic) bond motifs is 3. The van der Waals surface area contributed by atoms with Crippen LogP contribution >= 0.6 is 0 Å². The van der Waals surface area contributed by atoms with Crippen molar-refractivity contribution in [1.82, 2.24) is 29.8 Å². The molecule has 90 valence electrons. The van der Waals surface area contributed by atoms with E-state index in [0.29, 0.717) is 0 Å². The summed E-state index contributed by atoms with van der Waals surface area (Å²) in [6.07, 6.45) is 1.06. The topological polar surface area (TPSA) is 146 Å². The highest BCUT2D eigenvalue weighted by Gasteiger charge is 2.16. The van der Waals surface area contributed by atoms with E-state index in [1.807, 2.05) is 4.98 Å². The Kier molecular flexibility index (Phi) is 1.82. The molecule has 0 bridgehead atoms. The summed E-state index contributed by atoms with van der Waals surface area (Å²) in [6.45, 7) is 0. The molecule has 3 heterocycles. The Morgan fingerprint density at radius 3 is 2.78 bits per heavy atom. The first-order valence-electron chi connectivity index (χ1n) is 4.68. The van der Waals surface area contributed by atoms with Crippen LogP contribution < -0.4 is 11.2 Å². The fourth-order valence-corrected chi connectivity index (χ4v) is 1.56. The average molecular weight is 248 g/mol. The van der Waals surface area contributed by atoms with Crippen LogP contribution in [0.1, 0.15) is 10.4 Å². The quantitative estimate of drug-likeness (QED) is 0.467. The van der Waals surface area contributed by atoms with Crippen LogP contribution in [0.5, 0.6) is 0 Å². The third-order valence-corrected chi connectivity index (χ3v) is 2.33. The number of nitrogens with zero attached hydrogens (tertiary/aromatic N) is 4. The van der Waals surface area contributed by atoms with Gasteiger partial charge in [0.15, 0.2) is 16.8 Å². The molecule has 0 fully saturated rings. The predicted molar refractivity (Wildman–Crippen MR) is 56.5 cm³/mol. The Bertz CT molecular complexity index is 903. The van der Waals surface area contributed by atoms with Gasteiger partial charge in [-0.3, -0.25) is 14.8 Å². The van der Waals surface area contributed by atoms with Gasteiger partial charge in [-0.15, -0.1) is 10.2 Å². The Balaban J connectivity index is 2.59. The number of aromatic nitrogens is 6. The number of aromatic carboxylic acids is 1. The summed E-state index contributed by atoms with van der Waals surface area (Å²) >= 11 is 0. The average Bonchev–Trinajstić information content (AvgIpc) is 2.72. The molecule has 0 spiro atoms.